The Morgan fingerprint density at radius 2 is 1.02 bits per heavy atom. The molecule has 0 spiro atoms. The number of benzene rings is 2. The Balaban J connectivity index is 0.000000243. The third-order valence-electron chi connectivity index (χ3n) is 23.8. The molecule has 3 amide bonds. The summed E-state index contributed by atoms with van der Waals surface area (Å²) in [7, 11) is -4.36. The van der Waals surface area contributed by atoms with Gasteiger partial charge in [0.2, 0.25) is 37.8 Å². The van der Waals surface area contributed by atoms with Crippen molar-refractivity contribution in [3.63, 3.8) is 0 Å². The molecule has 31 heteroatoms. The van der Waals surface area contributed by atoms with Crippen molar-refractivity contribution in [2.75, 3.05) is 27.3 Å². The number of allylic oxidation sites excluding steroid dienone is 4. The van der Waals surface area contributed by atoms with Crippen LogP contribution in [0.25, 0.3) is 43.2 Å². The lowest BCUT2D eigenvalue weighted by Crippen LogP contribution is -2.46. The van der Waals surface area contributed by atoms with Crippen molar-refractivity contribution in [3.8, 4) is 44.4 Å². The second-order valence-corrected chi connectivity index (χ2v) is 42.3. The van der Waals surface area contributed by atoms with E-state index >= 15 is 0 Å². The number of sulfonamides is 2. The number of Topliss-reactive ketones (excluding diaryl/α,β-unsaturated/α-hetero) is 2. The molecular formula is C95H130N8O19S4. The first-order valence-electron chi connectivity index (χ1n) is 43.6. The van der Waals surface area contributed by atoms with Gasteiger partial charge >= 0.3 is 17.9 Å². The fraction of sp³-hybridized carbons (Fsp3) is 0.579. The van der Waals surface area contributed by atoms with Gasteiger partial charge in [-0.25, -0.2) is 36.8 Å². The molecule has 6 fully saturated rings. The lowest BCUT2D eigenvalue weighted by Gasteiger charge is -2.29. The van der Waals surface area contributed by atoms with Crippen LogP contribution in [0.4, 0.5) is 0 Å². The van der Waals surface area contributed by atoms with Crippen LogP contribution < -0.4 is 33.7 Å². The number of likely N-dealkylation sites (tertiary alicyclic amines) is 1. The van der Waals surface area contributed by atoms with Gasteiger partial charge in [0.1, 0.15) is 67.8 Å². The SMILES string of the molecule is C.C=CCCCCC[C@H](CC(=O)OC(C)(C)C)C(=O)N1C[C@H](Oc2cc(-c3nc(C(C)C)cs3)nc3c(C)c(OC)ccc23)C[C@H]1C(=O)C[C@]1(C(=O)NS(=O)(=O)C2CC2)C[C@H]1C=C.C=CCCCCC[C@H](CC(=O)OC(C)(C)C)C(=O)O.C=C[C@@H]1C[C@]1(CC(=O)[C@@H]1C[C@@H](Oc2cc(-c3nc(C(C)C)cs3)nc3c(C)c(OC)ccc23)CN1)C(=O)NS(=O)(=O)C1CC1. The standard InChI is InChI=1S/C47H62N4O9S2.C32H38N4O6S2.C15H26O4.CH4/c1-10-12-13-14-15-16-30(21-41(53)60-46(6,7)8)44(54)51-26-32(22-37(51)38(52)25-47(24-31(47)11-2)45(55)50-62(56,57)33-17-18-33)59-40-23-35(43-49-36(27-61-43)28(3)4)48-42-29(5)39(58-9)20-19-34(40)42;1-6-19-13-32(19,31(38)36-44(39,40)21-7-8-21)14-26(37)23-11-20(15-33-23)42-28-12-24(30-35-25(16-43-30)17(2)3)34-29-18(4)27(41-5)10-9-22(28)29;1-5-6-7-8-9-10-12(14(17)18)11-13(16)19-15(2,3)4;/h10-11,19-20,23,27-28,30-33,37H,1-2,12-18,21-22,24-26H2,3-9H3,(H,50,55);6,9-10,12,16-17,19-21,23,33H,1,7-8,11,13-15H2,2-5H3,(H,36,38);5,12H,1,6-11H2,2-4H3,(H,17,18);1H4/t30-,31-,32-,37+,47-;19-,20-,23+,32-;12-;/m111./s1. The summed E-state index contributed by atoms with van der Waals surface area (Å²) in [5.74, 6) is -3.15. The third kappa shape index (κ3) is 25.8. The monoisotopic (exact) mass is 1810 g/mol. The average Bonchev–Trinajstić information content (AvgIpc) is 1.57. The van der Waals surface area contributed by atoms with Crippen LogP contribution in [0.1, 0.15) is 252 Å². The number of aromatic nitrogens is 4. The van der Waals surface area contributed by atoms with Gasteiger partial charge in [-0.15, -0.1) is 49.0 Å². The van der Waals surface area contributed by atoms with Crippen molar-refractivity contribution < 1.29 is 88.7 Å². The summed E-state index contributed by atoms with van der Waals surface area (Å²) in [6.45, 7) is 38.5. The molecule has 2 saturated heterocycles. The van der Waals surface area contributed by atoms with Gasteiger partial charge in [0.05, 0.1) is 95.4 Å². The largest absolute Gasteiger partial charge is 0.496 e. The molecule has 4 saturated carbocycles. The van der Waals surface area contributed by atoms with Gasteiger partial charge in [-0.05, 0) is 180 Å². The lowest BCUT2D eigenvalue weighted by atomic mass is 9.90. The van der Waals surface area contributed by atoms with Crippen LogP contribution in [0.15, 0.2) is 97.8 Å². The number of nitrogens with one attached hydrogen (secondary N) is 3. The highest BCUT2D eigenvalue weighted by Gasteiger charge is 2.63. The lowest BCUT2D eigenvalue weighted by molar-refractivity contribution is -0.160. The first-order chi connectivity index (χ1) is 59.0. The third-order valence-corrected chi connectivity index (χ3v) is 29.2. The summed E-state index contributed by atoms with van der Waals surface area (Å²) in [5, 5.41) is 18.3. The topological polar surface area (TPSA) is 371 Å². The number of aliphatic carboxylic acids is 1. The molecule has 0 bridgehead atoms. The summed E-state index contributed by atoms with van der Waals surface area (Å²) in [6.07, 6.45) is 16.5. The van der Waals surface area contributed by atoms with E-state index in [9.17, 15) is 55.2 Å². The summed E-state index contributed by atoms with van der Waals surface area (Å²) < 4.78 is 90.6. The zero-order chi connectivity index (χ0) is 91.4. The second-order valence-electron chi connectivity index (χ2n) is 36.7. The van der Waals surface area contributed by atoms with Crippen molar-refractivity contribution in [2.24, 2.45) is 34.5 Å². The van der Waals surface area contributed by atoms with Crippen LogP contribution in [0.3, 0.4) is 0 Å². The van der Waals surface area contributed by atoms with E-state index in [-0.39, 0.29) is 87.9 Å². The number of thiazole rings is 2. The first kappa shape index (κ1) is 100. The maximum Gasteiger partial charge on any atom is 0.307 e. The number of carboxylic acids is 1. The second kappa shape index (κ2) is 42.7. The van der Waals surface area contributed by atoms with Crippen LogP contribution in [-0.4, -0.2) is 167 Å². The normalized spacial score (nSPS) is 21.3. The number of aryl methyl sites for hydroxylation is 2. The number of esters is 2. The van der Waals surface area contributed by atoms with E-state index in [0.29, 0.717) is 115 Å². The molecule has 0 unspecified atom stereocenters. The van der Waals surface area contributed by atoms with Gasteiger partial charge in [0.25, 0.3) is 0 Å². The molecule has 4 aliphatic carbocycles. The van der Waals surface area contributed by atoms with Gasteiger partial charge in [-0.2, -0.15) is 0 Å². The molecule has 2 aliphatic heterocycles. The van der Waals surface area contributed by atoms with Crippen LogP contribution in [0.2, 0.25) is 0 Å². The highest BCUT2D eigenvalue weighted by atomic mass is 32.2. The molecule has 12 rings (SSSR count). The molecule has 126 heavy (non-hydrogen) atoms. The number of pyridine rings is 2. The van der Waals surface area contributed by atoms with Crippen LogP contribution in [0, 0.1) is 48.3 Å². The predicted molar refractivity (Wildman–Crippen MR) is 492 cm³/mol. The van der Waals surface area contributed by atoms with Crippen molar-refractivity contribution in [3.05, 3.63) is 120 Å². The summed E-state index contributed by atoms with van der Waals surface area (Å²) in [6, 6.07) is 9.75. The molecule has 2 aromatic carbocycles. The Morgan fingerprint density at radius 1 is 0.595 bits per heavy atom. The van der Waals surface area contributed by atoms with Crippen molar-refractivity contribution in [1.82, 2.24) is 39.6 Å². The molecule has 6 aliphatic rings. The molecule has 27 nitrogen and oxygen atoms in total. The Hall–Kier alpha value is -9.30. The Morgan fingerprint density at radius 3 is 1.41 bits per heavy atom. The minimum absolute atomic E-state index is 0. The Kier molecular flexibility index (Phi) is 34.1. The summed E-state index contributed by atoms with van der Waals surface area (Å²) >= 11 is 3.02. The van der Waals surface area contributed by atoms with Gasteiger partial charge in [-0.1, -0.05) is 85.1 Å². The number of hydrogen-bond acceptors (Lipinski definition) is 25. The van der Waals surface area contributed by atoms with Gasteiger partial charge in [0, 0.05) is 82.9 Å². The van der Waals surface area contributed by atoms with Gasteiger partial charge < -0.3 is 43.7 Å². The minimum atomic E-state index is -3.88. The first-order valence-corrected chi connectivity index (χ1v) is 48.4. The highest BCUT2D eigenvalue weighted by Crippen LogP contribution is 2.58. The number of unbranched alkanes of at least 4 members (excludes halogenated alkanes) is 6. The number of hydrogen-bond donors (Lipinski definition) is 4. The van der Waals surface area contributed by atoms with Crippen LogP contribution in [0.5, 0.6) is 23.0 Å². The minimum Gasteiger partial charge on any atom is -0.496 e. The van der Waals surface area contributed by atoms with E-state index in [2.05, 4.69) is 68.8 Å². The van der Waals surface area contributed by atoms with E-state index in [1.54, 1.807) is 67.9 Å². The molecular weight excluding hydrogens is 1690 g/mol. The predicted octanol–water partition coefficient (Wildman–Crippen LogP) is 17.3. The number of nitrogens with zero attached hydrogens (tertiary/aromatic N) is 5. The molecule has 10 atom stereocenters. The fourth-order valence-electron chi connectivity index (χ4n) is 16.1. The highest BCUT2D eigenvalue weighted by molar-refractivity contribution is 7.91. The van der Waals surface area contributed by atoms with Crippen molar-refractivity contribution >= 4 is 112 Å². The number of fused-ring (bicyclic) bond motifs is 2. The van der Waals surface area contributed by atoms with E-state index in [1.165, 1.54) is 27.6 Å². The number of carbonyl (C=O) groups is 8. The summed E-state index contributed by atoms with van der Waals surface area (Å²) in [4.78, 5) is 127. The maximum absolute atomic E-state index is 14.9. The average molecular weight is 1820 g/mol. The number of methoxy groups -OCH3 is 2. The molecule has 0 radical (unpaired) electrons. The van der Waals surface area contributed by atoms with Gasteiger partial charge in [-0.3, -0.25) is 47.8 Å². The van der Waals surface area contributed by atoms with Gasteiger partial charge in [0.15, 0.2) is 11.6 Å². The number of ketones is 2. The van der Waals surface area contributed by atoms with Crippen LogP contribution >= 0.6 is 22.7 Å². The molecule has 6 heterocycles. The van der Waals surface area contributed by atoms with E-state index < -0.39 is 118 Å². The smallest absolute Gasteiger partial charge is 0.307 e. The number of ether oxygens (including phenoxy) is 6. The Bertz CT molecular complexity index is 5230. The molecule has 688 valence electrons. The number of rotatable bonds is 42. The van der Waals surface area contributed by atoms with Crippen molar-refractivity contribution in [2.45, 2.75) is 290 Å². The molecule has 6 aromatic rings. The molecule has 4 aromatic heterocycles. The van der Waals surface area contributed by atoms with E-state index in [0.717, 1.165) is 89.1 Å². The van der Waals surface area contributed by atoms with Crippen molar-refractivity contribution in [1.29, 1.82) is 0 Å². The quantitative estimate of drug-likeness (QED) is 0.0157. The van der Waals surface area contributed by atoms with Crippen LogP contribution in [-0.2, 0) is 67.9 Å². The maximum atomic E-state index is 14.9. The number of carbonyl (C=O) groups excluding carboxylic acids is 7. The Labute approximate surface area is 751 Å². The summed E-state index contributed by atoms with van der Waals surface area (Å²) in [5.41, 5.74) is 2.65. The fourth-order valence-corrected chi connectivity index (χ4v) is 20.8. The zero-order valence-corrected chi connectivity index (χ0v) is 78.1. The van der Waals surface area contributed by atoms with E-state index in [4.69, 9.17) is 53.5 Å². The zero-order valence-electron chi connectivity index (χ0n) is 74.8. The van der Waals surface area contributed by atoms with E-state index in [1.807, 2.05) is 73.2 Å². The number of carboxylic acid groups (broad SMARTS) is 1. The number of amides is 3. The molecule has 4 N–H and O–H groups in total.